The Kier molecular flexibility index (Phi) is 31.7. The molecule has 0 bridgehead atoms. The van der Waals surface area contributed by atoms with Crippen molar-refractivity contribution in [1.82, 2.24) is 25.8 Å². The lowest BCUT2D eigenvalue weighted by atomic mass is 9.44. The number of ether oxygens (including phenoxy) is 2. The number of aliphatic hydroxyl groups is 7. The molecule has 9 amide bonds. The van der Waals surface area contributed by atoms with Crippen LogP contribution in [-0.4, -0.2) is 259 Å². The molecule has 0 radical (unpaired) electrons. The van der Waals surface area contributed by atoms with Crippen LogP contribution in [-0.2, 0) is 62.3 Å². The summed E-state index contributed by atoms with van der Waals surface area (Å²) in [6, 6.07) is 6.80. The van der Waals surface area contributed by atoms with E-state index in [9.17, 15) is 131 Å². The summed E-state index contributed by atoms with van der Waals surface area (Å²) in [7, 11) is 0. The number of Topliss-reactive ketones (excluding diaryl/α,β-unsaturated/α-hetero) is 3. The number of ketones is 6. The third-order valence-corrected chi connectivity index (χ3v) is 36.4. The number of carboxylic acids is 2. The fraction of sp³-hybridized carbons (Fsp3) is 0.617. The van der Waals surface area contributed by atoms with Crippen LogP contribution >= 0.6 is 0 Å². The lowest BCUT2D eigenvalue weighted by Crippen LogP contribution is -2.70. The summed E-state index contributed by atoms with van der Waals surface area (Å²) in [6.07, 6.45) is 12.4. The third-order valence-electron chi connectivity index (χ3n) is 36.4. The molecule has 147 heavy (non-hydrogen) atoms. The number of carbonyl (C=O) groups is 17. The molecule has 14 N–H and O–H groups in total. The standard InChI is InChI=1S/C41H48FN3O10.C22H29FO5.C21H27FO5.C20H23N3O6.C2HF3O2.CH4/c1-22-18-28-27-12-11-23-19-24(46)15-16-38(23,2)40(27,42)31(48)20-39(28,3)41(22,54)37(53)43-17-6-4-5-8-25(47)21-55-30-10-7-9-26-33(30)36(52)45(35(26)51)29-13-14-32(49)44-34(29)50;1-12-8-16-15-5-4-13-9-14(25)6-7-19(13,2)21(15,23)17(26)10-20(16,3)22(12,28)18(27)11-24;1-11-8-15-14-5-4-12-9-13(23)6-7-18(12,2)20(14,22)16(24)10-19(15,3)21(11,27)17(25)26;21-10-3-1-2-5-12(24)11-29-15-7-4-6-13-17(15)20(28)23(19(13)27)14-8-9-16(25)22-18(14)26;3-2(4,5)1(6)7;/h7,9-10,15-16,19,22,27-29,31,48,54H,4-6,8,11-14,17-18,20-21H2,1-3H3,(H,43,53)(H,44,49,50);6-7,9,12,15-17,24,26,28H,4-5,8,10-11H2,1-3H3;6-7,9,11,14-16,24,27H,4-5,8,10H2,1-3H3,(H,25,26);4,6-7,14H,1-3,5,8-11,21H2,(H,22,25,26);(H,6,7);1H4/t22-,27+,28+,29?,31+,38+,39+,40+,41+;12-,15+,16+,17+,19+,20+,21+,22+;11-,14+,15+,16+,18+,19+,20+,21+;;;/m111.../s1. The zero-order valence-electron chi connectivity index (χ0n) is 82.8. The monoisotopic (exact) mass is 2060 g/mol. The predicted molar refractivity (Wildman–Crippen MR) is 510 cm³/mol. The topological polar surface area (TPSA) is 559 Å². The van der Waals surface area contributed by atoms with Gasteiger partial charge in [0.25, 0.3) is 29.5 Å². The number of fused-ring (bicyclic) bond motifs is 17. The van der Waals surface area contributed by atoms with Crippen molar-refractivity contribution < 1.29 is 163 Å². The van der Waals surface area contributed by atoms with Crippen LogP contribution in [0, 0.1) is 85.8 Å². The van der Waals surface area contributed by atoms with Gasteiger partial charge in [0.05, 0.1) is 40.6 Å². The summed E-state index contributed by atoms with van der Waals surface area (Å²) in [5.41, 5.74) is -10.6. The zero-order chi connectivity index (χ0) is 107. The molecule has 800 valence electrons. The number of alkyl halides is 6. The number of rotatable bonds is 23. The number of hydrogen-bond acceptors (Lipinski definition) is 27. The van der Waals surface area contributed by atoms with Gasteiger partial charge in [0.1, 0.15) is 49.0 Å². The average Bonchev–Trinajstić information content (AvgIpc) is 1.57. The summed E-state index contributed by atoms with van der Waals surface area (Å²) >= 11 is 0. The summed E-state index contributed by atoms with van der Waals surface area (Å²) in [4.78, 5) is 209. The van der Waals surface area contributed by atoms with Gasteiger partial charge in [0, 0.05) is 82.5 Å². The number of carbonyl (C=O) groups excluding carboxylic acids is 15. The Bertz CT molecular complexity index is 5950. The van der Waals surface area contributed by atoms with E-state index in [1.165, 1.54) is 66.8 Å². The van der Waals surface area contributed by atoms with Crippen LogP contribution in [0.25, 0.3) is 0 Å². The lowest BCUT2D eigenvalue weighted by Gasteiger charge is -2.62. The molecule has 16 aliphatic rings. The Morgan fingerprint density at radius 2 is 0.816 bits per heavy atom. The molecule has 0 aromatic heterocycles. The highest BCUT2D eigenvalue weighted by Gasteiger charge is 2.80. The molecule has 26 atom stereocenters. The quantitative estimate of drug-likeness (QED) is 0.0280. The molecular formula is C107H132F6N6O28. The number of aliphatic carboxylic acids is 2. The highest BCUT2D eigenvalue weighted by molar-refractivity contribution is 6.26. The van der Waals surface area contributed by atoms with Gasteiger partial charge < -0.3 is 66.5 Å². The van der Waals surface area contributed by atoms with Crippen molar-refractivity contribution in [1.29, 1.82) is 0 Å². The van der Waals surface area contributed by atoms with Gasteiger partial charge in [-0.3, -0.25) is 92.4 Å². The second-order valence-corrected chi connectivity index (χ2v) is 43.8. The molecule has 40 heteroatoms. The second-order valence-electron chi connectivity index (χ2n) is 43.8. The van der Waals surface area contributed by atoms with Crippen molar-refractivity contribution in [2.75, 3.05) is 32.9 Å². The van der Waals surface area contributed by atoms with Crippen molar-refractivity contribution in [3.63, 3.8) is 0 Å². The Morgan fingerprint density at radius 1 is 0.476 bits per heavy atom. The minimum atomic E-state index is -5.08. The van der Waals surface area contributed by atoms with Crippen molar-refractivity contribution in [3.05, 3.63) is 130 Å². The van der Waals surface area contributed by atoms with Crippen molar-refractivity contribution >= 4 is 99.8 Å². The smallest absolute Gasteiger partial charge is 0.485 e. The number of benzene rings is 2. The number of hydrogen-bond donors (Lipinski definition) is 13. The number of carboxylic acid groups (broad SMARTS) is 2. The van der Waals surface area contributed by atoms with E-state index < -0.39 is 216 Å². The van der Waals surface area contributed by atoms with Crippen LogP contribution in [0.4, 0.5) is 26.3 Å². The number of nitrogens with two attached hydrogens (primary N) is 1. The molecule has 4 aliphatic heterocycles. The molecule has 18 rings (SSSR count). The number of halogens is 6. The van der Waals surface area contributed by atoms with E-state index in [2.05, 4.69) is 16.0 Å². The molecule has 9 saturated carbocycles. The summed E-state index contributed by atoms with van der Waals surface area (Å²) in [6.45, 7) is 15.2. The van der Waals surface area contributed by atoms with Crippen molar-refractivity contribution in [2.45, 2.75) is 294 Å². The number of amides is 9. The van der Waals surface area contributed by atoms with E-state index >= 15 is 13.2 Å². The van der Waals surface area contributed by atoms with E-state index in [0.717, 1.165) is 22.6 Å². The Hall–Kier alpha value is -11.3. The van der Waals surface area contributed by atoms with Crippen LogP contribution < -0.4 is 31.2 Å². The van der Waals surface area contributed by atoms with Crippen molar-refractivity contribution in [2.24, 2.45) is 91.5 Å². The van der Waals surface area contributed by atoms with Gasteiger partial charge in [-0.1, -0.05) is 109 Å². The minimum absolute atomic E-state index is 0. The first-order valence-corrected chi connectivity index (χ1v) is 50.0. The van der Waals surface area contributed by atoms with E-state index in [1.54, 1.807) is 86.6 Å². The minimum Gasteiger partial charge on any atom is -0.485 e. The number of piperidine rings is 2. The van der Waals surface area contributed by atoms with Gasteiger partial charge in [-0.2, -0.15) is 13.2 Å². The summed E-state index contributed by atoms with van der Waals surface area (Å²) < 4.78 is 94.0. The first-order valence-electron chi connectivity index (χ1n) is 50.0. The molecule has 2 unspecified atom stereocenters. The number of imide groups is 4. The SMILES string of the molecule is C.C[C@@H]1C[C@H]2[C@@H]3CCC4=CC(=O)C=C[C@]4(C)[C@@]3(F)[C@@H](O)C[C@]2(C)[C@@]1(O)C(=O)CO.C[C@@H]1C[C@H]2[C@@H]3CCC4=CC(=O)C=C[C@]4(C)[C@@]3(F)[C@@H](O)C[C@]2(C)[C@@]1(O)C(=O)NCCCCCC(=O)COc1cccc2c1C(=O)N(C1CCC(=O)NC1=O)C2=O.C[C@@H]1C[C@H]2[C@@H]3CCC4=CC(=O)C=C[C@]4(C)[C@@]3(F)[C@@H](O)C[C@]2(C)[C@@]1(O)C(=O)O.NCCCCCC(=O)COc1cccc2c1C(=O)N(C1CCC(=O)NC1=O)C2=O.O=C(O)C(F)(F)F. The maximum Gasteiger partial charge on any atom is 0.490 e. The highest BCUT2D eigenvalue weighted by atomic mass is 19.4. The molecule has 4 heterocycles. The molecular weight excluding hydrogens is 1930 g/mol. The number of nitrogens with one attached hydrogen (secondary N) is 3. The van der Waals surface area contributed by atoms with Crippen LogP contribution in [0.15, 0.2) is 108 Å². The van der Waals surface area contributed by atoms with Crippen LogP contribution in [0.5, 0.6) is 11.5 Å². The van der Waals surface area contributed by atoms with Crippen LogP contribution in [0.2, 0.25) is 0 Å². The van der Waals surface area contributed by atoms with Gasteiger partial charge >= 0.3 is 18.1 Å². The molecule has 2 aromatic rings. The fourth-order valence-electron chi connectivity index (χ4n) is 28.6. The number of unbranched alkanes of at least 4 members (excludes halogenated alkanes) is 4. The maximum atomic E-state index is 17.4. The highest BCUT2D eigenvalue weighted by Crippen LogP contribution is 2.75. The molecule has 12 aliphatic carbocycles. The number of aliphatic hydroxyl groups excluding tert-OH is 4. The fourth-order valence-corrected chi connectivity index (χ4v) is 28.6. The van der Waals surface area contributed by atoms with Crippen molar-refractivity contribution in [3.8, 4) is 11.5 Å². The Morgan fingerprint density at radius 3 is 1.16 bits per heavy atom. The molecule has 0 spiro atoms. The average molecular weight is 2060 g/mol. The van der Waals surface area contributed by atoms with Gasteiger partial charge in [-0.15, -0.1) is 0 Å². The normalized spacial score (nSPS) is 37.8. The molecule has 2 saturated heterocycles. The summed E-state index contributed by atoms with van der Waals surface area (Å²) in [5, 5.41) is 102. The van der Waals surface area contributed by atoms with E-state index in [1.807, 2.05) is 0 Å². The first-order chi connectivity index (χ1) is 68.3. The largest absolute Gasteiger partial charge is 0.490 e. The maximum absolute atomic E-state index is 17.4. The zero-order valence-corrected chi connectivity index (χ0v) is 82.8. The molecule has 34 nitrogen and oxygen atoms in total. The van der Waals surface area contributed by atoms with E-state index in [4.69, 9.17) is 25.1 Å². The van der Waals surface area contributed by atoms with Gasteiger partial charge in [0.15, 0.2) is 62.9 Å². The molecule has 2 aromatic carbocycles. The van der Waals surface area contributed by atoms with Gasteiger partial charge in [-0.25, -0.2) is 22.8 Å². The Labute approximate surface area is 845 Å². The van der Waals surface area contributed by atoms with E-state index in [0.29, 0.717) is 113 Å². The van der Waals surface area contributed by atoms with E-state index in [-0.39, 0.29) is 159 Å². The Balaban J connectivity index is 0.000000168. The summed E-state index contributed by atoms with van der Waals surface area (Å²) in [5.74, 6) is -15.2. The van der Waals surface area contributed by atoms with Crippen LogP contribution in [0.1, 0.15) is 265 Å². The number of nitrogens with zero attached hydrogens (tertiary/aromatic N) is 2. The van der Waals surface area contributed by atoms with Gasteiger partial charge in [0.2, 0.25) is 23.6 Å². The second kappa shape index (κ2) is 41.2. The predicted octanol–water partition coefficient (Wildman–Crippen LogP) is 9.20. The third kappa shape index (κ3) is 18.1. The lowest BCUT2D eigenvalue weighted by molar-refractivity contribution is -0.225. The van der Waals surface area contributed by atoms with Crippen LogP contribution in [0.3, 0.4) is 0 Å². The first kappa shape index (κ1) is 113. The van der Waals surface area contributed by atoms with Gasteiger partial charge in [-0.05, 0) is 239 Å². The molecule has 11 fully saturated rings. The number of allylic oxidation sites excluding steroid dienone is 12.